The molecule has 0 aliphatic carbocycles. The molecule has 2 rings (SSSR count). The number of carbonyl (C=O) groups is 2. The van der Waals surface area contributed by atoms with Crippen LogP contribution in [-0.4, -0.2) is 23.3 Å². The van der Waals surface area contributed by atoms with Crippen molar-refractivity contribution in [2.45, 2.75) is 26.2 Å². The van der Waals surface area contributed by atoms with Crippen LogP contribution < -0.4 is 5.73 Å². The van der Waals surface area contributed by atoms with E-state index in [2.05, 4.69) is 0 Å². The molecule has 4 heteroatoms. The number of imide groups is 1. The lowest BCUT2D eigenvalue weighted by Gasteiger charge is -2.26. The number of amides is 2. The first-order valence-electron chi connectivity index (χ1n) is 5.86. The largest absolute Gasteiger partial charge is 0.399 e. The molecule has 0 atom stereocenters. The zero-order valence-corrected chi connectivity index (χ0v) is 9.90. The van der Waals surface area contributed by atoms with Crippen molar-refractivity contribution in [3.63, 3.8) is 0 Å². The second kappa shape index (κ2) is 4.57. The lowest BCUT2D eigenvalue weighted by Crippen LogP contribution is -2.42. The first kappa shape index (κ1) is 11.6. The maximum atomic E-state index is 12.1. The molecule has 2 N–H and O–H groups in total. The molecule has 4 nitrogen and oxygen atoms in total. The highest BCUT2D eigenvalue weighted by molar-refractivity contribution is 6.10. The minimum absolute atomic E-state index is 0.110. The fourth-order valence-electron chi connectivity index (χ4n) is 2.01. The van der Waals surface area contributed by atoms with Crippen molar-refractivity contribution in [2.75, 3.05) is 12.3 Å². The molecule has 0 radical (unpaired) electrons. The average molecular weight is 232 g/mol. The van der Waals surface area contributed by atoms with Crippen molar-refractivity contribution in [2.24, 2.45) is 0 Å². The Kier molecular flexibility index (Phi) is 3.13. The van der Waals surface area contributed by atoms with Gasteiger partial charge in [-0.2, -0.15) is 0 Å². The lowest BCUT2D eigenvalue weighted by atomic mass is 9.97. The predicted molar refractivity (Wildman–Crippen MR) is 65.5 cm³/mol. The molecule has 1 heterocycles. The molecular formula is C13H16N2O2. The topological polar surface area (TPSA) is 63.4 Å². The molecule has 1 aromatic rings. The van der Waals surface area contributed by atoms with Crippen LogP contribution in [0, 0.1) is 0 Å². The zero-order valence-electron chi connectivity index (χ0n) is 9.90. The van der Waals surface area contributed by atoms with E-state index in [1.165, 1.54) is 4.90 Å². The highest BCUT2D eigenvalue weighted by atomic mass is 16.2. The number of unbranched alkanes of at least 4 members (excludes halogenated alkanes) is 1. The van der Waals surface area contributed by atoms with Gasteiger partial charge in [-0.05, 0) is 24.1 Å². The number of benzene rings is 1. The van der Waals surface area contributed by atoms with E-state index >= 15 is 0 Å². The summed E-state index contributed by atoms with van der Waals surface area (Å²) < 4.78 is 0. The van der Waals surface area contributed by atoms with Gasteiger partial charge in [-0.3, -0.25) is 14.5 Å². The number of hydrogen-bond acceptors (Lipinski definition) is 3. The third-order valence-corrected chi connectivity index (χ3v) is 2.99. The van der Waals surface area contributed by atoms with Gasteiger partial charge in [-0.15, -0.1) is 0 Å². The summed E-state index contributed by atoms with van der Waals surface area (Å²) in [6.45, 7) is 2.53. The summed E-state index contributed by atoms with van der Waals surface area (Å²) in [5, 5.41) is 0. The minimum atomic E-state index is -0.211. The summed E-state index contributed by atoms with van der Waals surface area (Å²) in [6, 6.07) is 5.14. The number of nitrogens with two attached hydrogens (primary N) is 1. The summed E-state index contributed by atoms with van der Waals surface area (Å²) in [6.07, 6.45) is 2.10. The van der Waals surface area contributed by atoms with Gasteiger partial charge in [0.25, 0.3) is 5.91 Å². The highest BCUT2D eigenvalue weighted by Crippen LogP contribution is 2.22. The van der Waals surface area contributed by atoms with Crippen LogP contribution in [0.3, 0.4) is 0 Å². The molecule has 0 saturated heterocycles. The van der Waals surface area contributed by atoms with Crippen molar-refractivity contribution in [1.29, 1.82) is 0 Å². The first-order valence-corrected chi connectivity index (χ1v) is 5.86. The van der Waals surface area contributed by atoms with Crippen molar-refractivity contribution >= 4 is 17.5 Å². The quantitative estimate of drug-likeness (QED) is 0.636. The molecule has 0 spiro atoms. The number of nitrogen functional groups attached to an aromatic ring is 1. The van der Waals surface area contributed by atoms with Crippen LogP contribution in [-0.2, 0) is 11.2 Å². The molecule has 0 fully saturated rings. The maximum absolute atomic E-state index is 12.1. The summed E-state index contributed by atoms with van der Waals surface area (Å²) in [5.74, 6) is -0.322. The molecule has 1 aliphatic rings. The molecule has 0 unspecified atom stereocenters. The number of anilines is 1. The molecule has 0 aromatic heterocycles. The van der Waals surface area contributed by atoms with Crippen molar-refractivity contribution in [3.8, 4) is 0 Å². The molecule has 1 aromatic carbocycles. The Bertz CT molecular complexity index is 468. The number of nitrogens with zero attached hydrogens (tertiary/aromatic N) is 1. The third-order valence-electron chi connectivity index (χ3n) is 2.99. The molecule has 0 saturated carbocycles. The number of fused-ring (bicyclic) bond motifs is 1. The number of carbonyl (C=O) groups excluding carboxylic acids is 2. The third kappa shape index (κ3) is 2.16. The Labute approximate surface area is 100 Å². The van der Waals surface area contributed by atoms with E-state index in [0.29, 0.717) is 24.2 Å². The average Bonchev–Trinajstić information content (AvgIpc) is 2.30. The van der Waals surface area contributed by atoms with E-state index in [-0.39, 0.29) is 11.8 Å². The molecule has 0 bridgehead atoms. The smallest absolute Gasteiger partial charge is 0.260 e. The second-order valence-corrected chi connectivity index (χ2v) is 4.30. The monoisotopic (exact) mass is 232 g/mol. The van der Waals surface area contributed by atoms with Gasteiger partial charge in [0.2, 0.25) is 5.91 Å². The Morgan fingerprint density at radius 2 is 2.12 bits per heavy atom. The van der Waals surface area contributed by atoms with E-state index in [9.17, 15) is 9.59 Å². The zero-order chi connectivity index (χ0) is 12.4. The lowest BCUT2D eigenvalue weighted by molar-refractivity contribution is -0.128. The minimum Gasteiger partial charge on any atom is -0.399 e. The van der Waals surface area contributed by atoms with Gasteiger partial charge in [0.15, 0.2) is 0 Å². The summed E-state index contributed by atoms with van der Waals surface area (Å²) in [4.78, 5) is 25.3. The first-order chi connectivity index (χ1) is 8.13. The van der Waals surface area contributed by atoms with Crippen LogP contribution >= 0.6 is 0 Å². The summed E-state index contributed by atoms with van der Waals surface area (Å²) >= 11 is 0. The molecular weight excluding hydrogens is 216 g/mol. The van der Waals surface area contributed by atoms with Gasteiger partial charge in [0.1, 0.15) is 0 Å². The fraction of sp³-hybridized carbons (Fsp3) is 0.385. The van der Waals surface area contributed by atoms with Crippen molar-refractivity contribution < 1.29 is 9.59 Å². The maximum Gasteiger partial charge on any atom is 0.260 e. The molecule has 90 valence electrons. The number of rotatable bonds is 3. The van der Waals surface area contributed by atoms with Gasteiger partial charge in [-0.1, -0.05) is 19.4 Å². The van der Waals surface area contributed by atoms with Gasteiger partial charge >= 0.3 is 0 Å². The second-order valence-electron chi connectivity index (χ2n) is 4.30. The van der Waals surface area contributed by atoms with E-state index in [1.54, 1.807) is 18.2 Å². The van der Waals surface area contributed by atoms with Gasteiger partial charge < -0.3 is 5.73 Å². The van der Waals surface area contributed by atoms with Gasteiger partial charge in [-0.25, -0.2) is 0 Å². The number of hydrogen-bond donors (Lipinski definition) is 1. The Morgan fingerprint density at radius 1 is 1.35 bits per heavy atom. The predicted octanol–water partition coefficient (Wildman–Crippen LogP) is 1.59. The van der Waals surface area contributed by atoms with Gasteiger partial charge in [0, 0.05) is 17.8 Å². The summed E-state index contributed by atoms with van der Waals surface area (Å²) in [5.41, 5.74) is 7.58. The normalized spacial score (nSPS) is 15.0. The van der Waals surface area contributed by atoms with Crippen LogP contribution in [0.4, 0.5) is 5.69 Å². The van der Waals surface area contributed by atoms with Crippen molar-refractivity contribution in [3.05, 3.63) is 29.3 Å². The van der Waals surface area contributed by atoms with E-state index in [0.717, 1.165) is 18.4 Å². The standard InChI is InChI=1S/C13H16N2O2/c1-2-3-6-15-12(16)7-9-4-5-10(14)8-11(9)13(15)17/h4-5,8H,2-3,6-7,14H2,1H3. The Morgan fingerprint density at radius 3 is 2.82 bits per heavy atom. The van der Waals surface area contributed by atoms with Gasteiger partial charge in [0.05, 0.1) is 6.42 Å². The Balaban J connectivity index is 2.32. The van der Waals surface area contributed by atoms with Crippen LogP contribution in [0.1, 0.15) is 35.7 Å². The molecule has 2 amide bonds. The van der Waals surface area contributed by atoms with E-state index in [1.807, 2.05) is 6.92 Å². The fourth-order valence-corrected chi connectivity index (χ4v) is 2.01. The summed E-state index contributed by atoms with van der Waals surface area (Å²) in [7, 11) is 0. The molecule has 17 heavy (non-hydrogen) atoms. The molecule has 1 aliphatic heterocycles. The Hall–Kier alpha value is -1.84. The van der Waals surface area contributed by atoms with Crippen LogP contribution in [0.5, 0.6) is 0 Å². The van der Waals surface area contributed by atoms with E-state index < -0.39 is 0 Å². The van der Waals surface area contributed by atoms with Crippen LogP contribution in [0.2, 0.25) is 0 Å². The van der Waals surface area contributed by atoms with Crippen LogP contribution in [0.25, 0.3) is 0 Å². The SMILES string of the molecule is CCCCN1C(=O)Cc2ccc(N)cc2C1=O. The van der Waals surface area contributed by atoms with Crippen molar-refractivity contribution in [1.82, 2.24) is 4.90 Å². The van der Waals surface area contributed by atoms with E-state index in [4.69, 9.17) is 5.73 Å². The van der Waals surface area contributed by atoms with Crippen LogP contribution in [0.15, 0.2) is 18.2 Å². The highest BCUT2D eigenvalue weighted by Gasteiger charge is 2.30.